The number of carbonyl (C=O) groups excluding carboxylic acids is 1. The molecule has 35 heavy (non-hydrogen) atoms. The first-order valence-electron chi connectivity index (χ1n) is 11.5. The van der Waals surface area contributed by atoms with E-state index in [1.807, 2.05) is 12.1 Å². The molecule has 0 amide bonds. The summed E-state index contributed by atoms with van der Waals surface area (Å²) >= 11 is 0. The summed E-state index contributed by atoms with van der Waals surface area (Å²) in [4.78, 5) is 12.0. The maximum absolute atomic E-state index is 12.0. The molecule has 0 radical (unpaired) electrons. The zero-order valence-corrected chi connectivity index (χ0v) is 19.2. The predicted octanol–water partition coefficient (Wildman–Crippen LogP) is -1.65. The van der Waals surface area contributed by atoms with E-state index in [1.54, 1.807) is 19.1 Å². The Balaban J connectivity index is 1.30. The van der Waals surface area contributed by atoms with E-state index in [1.165, 1.54) is 0 Å². The van der Waals surface area contributed by atoms with Crippen molar-refractivity contribution in [1.29, 1.82) is 0 Å². The number of hydrogen-bond acceptors (Lipinski definition) is 12. The zero-order valence-electron chi connectivity index (χ0n) is 19.2. The fourth-order valence-corrected chi connectivity index (χ4v) is 4.41. The third-order valence-electron chi connectivity index (χ3n) is 6.65. The molecule has 2 fully saturated rings. The molecule has 1 unspecified atom stereocenters. The quantitative estimate of drug-likeness (QED) is 0.213. The molecule has 0 aliphatic carbocycles. The molecule has 0 spiro atoms. The van der Waals surface area contributed by atoms with Gasteiger partial charge in [-0.05, 0) is 25.8 Å². The predicted molar refractivity (Wildman–Crippen MR) is 115 cm³/mol. The molecule has 1 aromatic rings. The molecule has 4 rings (SSSR count). The van der Waals surface area contributed by atoms with E-state index in [9.17, 15) is 35.4 Å². The van der Waals surface area contributed by atoms with Crippen LogP contribution in [0.4, 0.5) is 0 Å². The number of aliphatic hydroxyl groups is 6. The molecule has 3 aliphatic rings. The Kier molecular flexibility index (Phi) is 8.08. The summed E-state index contributed by atoms with van der Waals surface area (Å²) in [5.74, 6) is -0.376. The van der Waals surface area contributed by atoms with Crippen molar-refractivity contribution in [3.8, 4) is 0 Å². The van der Waals surface area contributed by atoms with Gasteiger partial charge in [0.2, 0.25) is 0 Å². The summed E-state index contributed by atoms with van der Waals surface area (Å²) in [6, 6.07) is 7.13. The molecular formula is C23H32O12. The molecular weight excluding hydrogens is 468 g/mol. The SMILES string of the molecule is C[C@@H](CCC1OC(=O)c2ccccc21)O[C@@H]1O[C@H](CO[C@@H]2OC[C@](O)(CO)[C@H]2O)[C@@H](O)[C@H](O)[C@H]1O. The summed E-state index contributed by atoms with van der Waals surface area (Å²) in [6.45, 7) is 0.285. The molecule has 2 saturated heterocycles. The van der Waals surface area contributed by atoms with Gasteiger partial charge in [0.1, 0.15) is 42.2 Å². The average molecular weight is 500 g/mol. The summed E-state index contributed by atoms with van der Waals surface area (Å²) in [6.07, 6.45) is -9.89. The van der Waals surface area contributed by atoms with E-state index >= 15 is 0 Å². The number of aliphatic hydroxyl groups excluding tert-OH is 5. The van der Waals surface area contributed by atoms with Crippen LogP contribution < -0.4 is 0 Å². The smallest absolute Gasteiger partial charge is 0.339 e. The van der Waals surface area contributed by atoms with E-state index in [-0.39, 0.29) is 19.2 Å². The first-order valence-corrected chi connectivity index (χ1v) is 11.5. The first-order chi connectivity index (χ1) is 16.6. The lowest BCUT2D eigenvalue weighted by molar-refractivity contribution is -0.318. The topological polar surface area (TPSA) is 185 Å². The Labute approximate surface area is 201 Å². The minimum atomic E-state index is -1.87. The van der Waals surface area contributed by atoms with Gasteiger partial charge < -0.3 is 54.3 Å². The Bertz CT molecular complexity index is 882. The van der Waals surface area contributed by atoms with Gasteiger partial charge in [0, 0.05) is 5.56 Å². The molecule has 3 heterocycles. The van der Waals surface area contributed by atoms with Crippen molar-refractivity contribution in [2.45, 2.75) is 80.7 Å². The van der Waals surface area contributed by atoms with Crippen LogP contribution in [0.25, 0.3) is 0 Å². The molecule has 0 aromatic heterocycles. The number of carbonyl (C=O) groups is 1. The van der Waals surface area contributed by atoms with Crippen molar-refractivity contribution < 1.29 is 59.1 Å². The van der Waals surface area contributed by atoms with Crippen LogP contribution in [0, 0.1) is 0 Å². The molecule has 12 nitrogen and oxygen atoms in total. The van der Waals surface area contributed by atoms with Crippen molar-refractivity contribution in [3.63, 3.8) is 0 Å². The van der Waals surface area contributed by atoms with Gasteiger partial charge in [-0.1, -0.05) is 18.2 Å². The Morgan fingerprint density at radius 3 is 2.57 bits per heavy atom. The largest absolute Gasteiger partial charge is 0.454 e. The Morgan fingerprint density at radius 2 is 1.86 bits per heavy atom. The highest BCUT2D eigenvalue weighted by atomic mass is 16.7. The maximum Gasteiger partial charge on any atom is 0.339 e. The van der Waals surface area contributed by atoms with Gasteiger partial charge in [0.25, 0.3) is 0 Å². The van der Waals surface area contributed by atoms with Gasteiger partial charge in [0.15, 0.2) is 12.6 Å². The van der Waals surface area contributed by atoms with E-state index in [4.69, 9.17) is 23.7 Å². The van der Waals surface area contributed by atoms with Crippen LogP contribution in [0.3, 0.4) is 0 Å². The van der Waals surface area contributed by atoms with E-state index in [0.717, 1.165) is 5.56 Å². The number of fused-ring (bicyclic) bond motifs is 1. The summed E-state index contributed by atoms with van der Waals surface area (Å²) in [5, 5.41) is 60.3. The third-order valence-corrected chi connectivity index (χ3v) is 6.65. The van der Waals surface area contributed by atoms with Gasteiger partial charge in [0.05, 0.1) is 31.5 Å². The Hall–Kier alpha value is -1.71. The van der Waals surface area contributed by atoms with Crippen LogP contribution in [0.5, 0.6) is 0 Å². The van der Waals surface area contributed by atoms with Crippen molar-refractivity contribution >= 4 is 5.97 Å². The summed E-state index contributed by atoms with van der Waals surface area (Å²) < 4.78 is 27.4. The number of rotatable bonds is 9. The second-order valence-corrected chi connectivity index (χ2v) is 9.24. The van der Waals surface area contributed by atoms with Crippen LogP contribution in [0.2, 0.25) is 0 Å². The lowest BCUT2D eigenvalue weighted by Gasteiger charge is -2.41. The van der Waals surface area contributed by atoms with E-state index < -0.39 is 67.5 Å². The number of ether oxygens (including phenoxy) is 5. The Morgan fingerprint density at radius 1 is 1.11 bits per heavy atom. The van der Waals surface area contributed by atoms with Gasteiger partial charge in [-0.2, -0.15) is 0 Å². The van der Waals surface area contributed by atoms with E-state index in [2.05, 4.69) is 0 Å². The molecule has 3 aliphatic heterocycles. The second-order valence-electron chi connectivity index (χ2n) is 9.24. The fourth-order valence-electron chi connectivity index (χ4n) is 4.41. The van der Waals surface area contributed by atoms with Crippen LogP contribution >= 0.6 is 0 Å². The van der Waals surface area contributed by atoms with E-state index in [0.29, 0.717) is 18.4 Å². The molecule has 10 atom stereocenters. The van der Waals surface area contributed by atoms with Crippen LogP contribution in [0.1, 0.15) is 41.8 Å². The second kappa shape index (κ2) is 10.7. The lowest BCUT2D eigenvalue weighted by Crippen LogP contribution is -2.60. The molecule has 6 N–H and O–H groups in total. The normalized spacial score (nSPS) is 39.9. The fraction of sp³-hybridized carbons (Fsp3) is 0.696. The van der Waals surface area contributed by atoms with Crippen molar-refractivity contribution in [3.05, 3.63) is 35.4 Å². The highest BCUT2D eigenvalue weighted by Crippen LogP contribution is 2.34. The minimum absolute atomic E-state index is 0.352. The summed E-state index contributed by atoms with van der Waals surface area (Å²) in [5.41, 5.74) is -0.536. The average Bonchev–Trinajstić information content (AvgIpc) is 3.33. The minimum Gasteiger partial charge on any atom is -0.454 e. The van der Waals surface area contributed by atoms with Crippen LogP contribution in [-0.4, -0.2) is 111 Å². The van der Waals surface area contributed by atoms with Gasteiger partial charge in [-0.15, -0.1) is 0 Å². The first kappa shape index (κ1) is 26.4. The number of esters is 1. The highest BCUT2D eigenvalue weighted by Gasteiger charge is 2.50. The third kappa shape index (κ3) is 5.37. The van der Waals surface area contributed by atoms with Crippen LogP contribution in [-0.2, 0) is 23.7 Å². The van der Waals surface area contributed by atoms with Crippen LogP contribution in [0.15, 0.2) is 24.3 Å². The van der Waals surface area contributed by atoms with Gasteiger partial charge in [-0.25, -0.2) is 4.79 Å². The van der Waals surface area contributed by atoms with Crippen molar-refractivity contribution in [2.75, 3.05) is 19.8 Å². The maximum atomic E-state index is 12.0. The van der Waals surface area contributed by atoms with Crippen molar-refractivity contribution in [2.24, 2.45) is 0 Å². The standard InChI is InChI=1S/C23H32O12/c1-11(6-7-14-12-4-2-3-5-13(12)20(29)34-14)33-21-18(27)17(26)16(25)15(35-21)8-31-22-19(28)23(30,9-24)10-32-22/h2-5,11,14-19,21-22,24-28,30H,6-10H2,1H3/t11-,14?,15+,16+,17-,18+,19-,21+,22+,23+/m0/s1. The molecule has 0 saturated carbocycles. The number of hydrogen-bond donors (Lipinski definition) is 6. The molecule has 12 heteroatoms. The lowest BCUT2D eigenvalue weighted by atomic mass is 9.98. The monoisotopic (exact) mass is 500 g/mol. The van der Waals surface area contributed by atoms with Gasteiger partial charge in [-0.3, -0.25) is 0 Å². The number of benzene rings is 1. The summed E-state index contributed by atoms with van der Waals surface area (Å²) in [7, 11) is 0. The molecule has 1 aromatic carbocycles. The zero-order chi connectivity index (χ0) is 25.3. The molecule has 196 valence electrons. The van der Waals surface area contributed by atoms with Crippen molar-refractivity contribution in [1.82, 2.24) is 0 Å². The van der Waals surface area contributed by atoms with Gasteiger partial charge >= 0.3 is 5.97 Å². The molecule has 0 bridgehead atoms. The number of cyclic esters (lactones) is 1. The highest BCUT2D eigenvalue weighted by molar-refractivity contribution is 5.93.